The molecule has 0 spiro atoms. The van der Waals surface area contributed by atoms with Gasteiger partial charge in [0.15, 0.2) is 5.15 Å². The van der Waals surface area contributed by atoms with Crippen molar-refractivity contribution in [1.82, 2.24) is 4.98 Å². The van der Waals surface area contributed by atoms with E-state index in [0.29, 0.717) is 4.47 Å². The second-order valence-electron chi connectivity index (χ2n) is 4.21. The lowest BCUT2D eigenvalue weighted by Gasteiger charge is -2.20. The maximum atomic E-state index is 11.9. The van der Waals surface area contributed by atoms with E-state index in [0.717, 1.165) is 0 Å². The lowest BCUT2D eigenvalue weighted by molar-refractivity contribution is 0.566. The van der Waals surface area contributed by atoms with Gasteiger partial charge in [0, 0.05) is 10.7 Å². The van der Waals surface area contributed by atoms with Gasteiger partial charge in [-0.1, -0.05) is 11.6 Å². The number of sulfonamides is 1. The SMILES string of the molecule is CC(C)(C)S(=O)(=O)Nc1cc(Br)cnc1Cl. The molecule has 1 aromatic rings. The molecule has 4 nitrogen and oxygen atoms in total. The first-order valence-corrected chi connectivity index (χ1v) is 7.12. The molecule has 1 N–H and O–H groups in total. The number of hydrogen-bond acceptors (Lipinski definition) is 3. The van der Waals surface area contributed by atoms with Gasteiger partial charge in [-0.2, -0.15) is 0 Å². The second-order valence-corrected chi connectivity index (χ2v) is 7.92. The van der Waals surface area contributed by atoms with E-state index in [1.165, 1.54) is 6.20 Å². The van der Waals surface area contributed by atoms with E-state index < -0.39 is 14.8 Å². The molecule has 0 fully saturated rings. The van der Waals surface area contributed by atoms with Crippen molar-refractivity contribution in [3.63, 3.8) is 0 Å². The second kappa shape index (κ2) is 4.50. The molecule has 1 aromatic heterocycles. The maximum absolute atomic E-state index is 11.9. The fourth-order valence-corrected chi connectivity index (χ4v) is 2.08. The zero-order chi connectivity index (χ0) is 12.6. The highest BCUT2D eigenvalue weighted by Crippen LogP contribution is 2.26. The van der Waals surface area contributed by atoms with Gasteiger partial charge in [-0.25, -0.2) is 13.4 Å². The highest BCUT2D eigenvalue weighted by Gasteiger charge is 2.29. The number of hydrogen-bond donors (Lipinski definition) is 1. The molecular formula is C9H12BrClN2O2S. The van der Waals surface area contributed by atoms with Crippen LogP contribution < -0.4 is 4.72 Å². The summed E-state index contributed by atoms with van der Waals surface area (Å²) in [5.74, 6) is 0. The van der Waals surface area contributed by atoms with Crippen LogP contribution in [0.1, 0.15) is 20.8 Å². The topological polar surface area (TPSA) is 59.1 Å². The maximum Gasteiger partial charge on any atom is 0.237 e. The van der Waals surface area contributed by atoms with Gasteiger partial charge < -0.3 is 0 Å². The molecule has 1 rings (SSSR count). The van der Waals surface area contributed by atoms with Crippen molar-refractivity contribution in [2.75, 3.05) is 4.72 Å². The normalized spacial score (nSPS) is 12.6. The van der Waals surface area contributed by atoms with Gasteiger partial charge in [0.25, 0.3) is 0 Å². The molecular weight excluding hydrogens is 316 g/mol. The van der Waals surface area contributed by atoms with Crippen molar-refractivity contribution in [3.05, 3.63) is 21.9 Å². The smallest absolute Gasteiger partial charge is 0.237 e. The highest BCUT2D eigenvalue weighted by molar-refractivity contribution is 9.10. The zero-order valence-electron chi connectivity index (χ0n) is 9.08. The predicted molar refractivity (Wildman–Crippen MR) is 69.2 cm³/mol. The molecule has 0 saturated heterocycles. The summed E-state index contributed by atoms with van der Waals surface area (Å²) in [5.41, 5.74) is 0.269. The Morgan fingerprint density at radius 3 is 2.50 bits per heavy atom. The first-order chi connectivity index (χ1) is 7.13. The third-order valence-corrected chi connectivity index (χ3v) is 4.69. The molecule has 0 aliphatic rings. The number of pyridine rings is 1. The lowest BCUT2D eigenvalue weighted by Crippen LogP contribution is -2.33. The quantitative estimate of drug-likeness (QED) is 0.849. The van der Waals surface area contributed by atoms with E-state index in [-0.39, 0.29) is 10.8 Å². The fraction of sp³-hybridized carbons (Fsp3) is 0.444. The summed E-state index contributed by atoms with van der Waals surface area (Å²) < 4.78 is 25.9. The van der Waals surface area contributed by atoms with E-state index in [4.69, 9.17) is 11.6 Å². The summed E-state index contributed by atoms with van der Waals surface area (Å²) in [6.07, 6.45) is 1.50. The predicted octanol–water partition coefficient (Wildman–Crippen LogP) is 3.04. The first kappa shape index (κ1) is 13.7. The van der Waals surface area contributed by atoms with Crippen LogP contribution in [0.2, 0.25) is 5.15 Å². The molecule has 7 heteroatoms. The molecule has 0 aliphatic heterocycles. The van der Waals surface area contributed by atoms with Gasteiger partial charge in [-0.15, -0.1) is 0 Å². The third-order valence-electron chi connectivity index (χ3n) is 1.86. The summed E-state index contributed by atoms with van der Waals surface area (Å²) in [6.45, 7) is 4.82. The Morgan fingerprint density at radius 2 is 2.00 bits per heavy atom. The monoisotopic (exact) mass is 326 g/mol. The van der Waals surface area contributed by atoms with Crippen LogP contribution in [0.25, 0.3) is 0 Å². The average Bonchev–Trinajstić information content (AvgIpc) is 2.09. The van der Waals surface area contributed by atoms with Crippen molar-refractivity contribution in [2.45, 2.75) is 25.5 Å². The molecule has 0 radical (unpaired) electrons. The Labute approximate surface area is 109 Å². The fourth-order valence-electron chi connectivity index (χ4n) is 0.792. The standard InChI is InChI=1S/C9H12BrClN2O2S/c1-9(2,3)16(14,15)13-7-4-6(10)5-12-8(7)11/h4-5,13H,1-3H3. The minimum absolute atomic E-state index is 0.121. The van der Waals surface area contributed by atoms with Crippen LogP contribution in [0, 0.1) is 0 Å². The third kappa shape index (κ3) is 3.09. The van der Waals surface area contributed by atoms with Crippen molar-refractivity contribution in [3.8, 4) is 0 Å². The van der Waals surface area contributed by atoms with E-state index in [1.54, 1.807) is 26.8 Å². The molecule has 16 heavy (non-hydrogen) atoms. The van der Waals surface area contributed by atoms with E-state index in [1.807, 2.05) is 0 Å². The summed E-state index contributed by atoms with van der Waals surface area (Å²) in [7, 11) is -3.49. The largest absolute Gasteiger partial charge is 0.280 e. The molecule has 0 amide bonds. The Balaban J connectivity index is 3.11. The molecule has 0 aromatic carbocycles. The van der Waals surface area contributed by atoms with Crippen LogP contribution in [0.3, 0.4) is 0 Å². The number of halogens is 2. The number of aromatic nitrogens is 1. The molecule has 1 heterocycles. The van der Waals surface area contributed by atoms with Crippen molar-refractivity contribution < 1.29 is 8.42 Å². The molecule has 0 saturated carbocycles. The van der Waals surface area contributed by atoms with Gasteiger partial charge in [0.1, 0.15) is 0 Å². The lowest BCUT2D eigenvalue weighted by atomic mass is 10.3. The van der Waals surface area contributed by atoms with Crippen LogP contribution in [0.4, 0.5) is 5.69 Å². The van der Waals surface area contributed by atoms with Crippen molar-refractivity contribution in [2.24, 2.45) is 0 Å². The van der Waals surface area contributed by atoms with Crippen molar-refractivity contribution >= 4 is 43.2 Å². The van der Waals surface area contributed by atoms with Crippen LogP contribution in [-0.4, -0.2) is 18.1 Å². The average molecular weight is 328 g/mol. The number of nitrogens with one attached hydrogen (secondary N) is 1. The zero-order valence-corrected chi connectivity index (χ0v) is 12.2. The summed E-state index contributed by atoms with van der Waals surface area (Å²) in [4.78, 5) is 3.84. The Bertz CT molecular complexity index is 497. The Morgan fingerprint density at radius 1 is 1.44 bits per heavy atom. The highest BCUT2D eigenvalue weighted by atomic mass is 79.9. The minimum Gasteiger partial charge on any atom is -0.280 e. The van der Waals surface area contributed by atoms with Crippen molar-refractivity contribution in [1.29, 1.82) is 0 Å². The Kier molecular flexibility index (Phi) is 3.87. The van der Waals surface area contributed by atoms with Gasteiger partial charge in [0.05, 0.1) is 10.4 Å². The van der Waals surface area contributed by atoms with E-state index in [9.17, 15) is 8.42 Å². The number of anilines is 1. The molecule has 0 aliphatic carbocycles. The van der Waals surface area contributed by atoms with Gasteiger partial charge in [-0.3, -0.25) is 4.72 Å². The number of nitrogens with zero attached hydrogens (tertiary/aromatic N) is 1. The van der Waals surface area contributed by atoms with Gasteiger partial charge >= 0.3 is 0 Å². The summed E-state index contributed by atoms with van der Waals surface area (Å²) >= 11 is 8.99. The Hall–Kier alpha value is -0.330. The van der Waals surface area contributed by atoms with E-state index >= 15 is 0 Å². The molecule has 0 bridgehead atoms. The van der Waals surface area contributed by atoms with Crippen LogP contribution in [-0.2, 0) is 10.0 Å². The summed E-state index contributed by atoms with van der Waals surface area (Å²) in [6, 6.07) is 1.57. The molecule has 0 unspecified atom stereocenters. The molecule has 90 valence electrons. The minimum atomic E-state index is -3.49. The van der Waals surface area contributed by atoms with Gasteiger partial charge in [-0.05, 0) is 42.8 Å². The summed E-state index contributed by atoms with van der Waals surface area (Å²) in [5, 5.41) is 0.121. The van der Waals surface area contributed by atoms with Crippen LogP contribution in [0.5, 0.6) is 0 Å². The number of rotatable bonds is 2. The van der Waals surface area contributed by atoms with Gasteiger partial charge in [0.2, 0.25) is 10.0 Å². The van der Waals surface area contributed by atoms with E-state index in [2.05, 4.69) is 25.6 Å². The van der Waals surface area contributed by atoms with Crippen LogP contribution >= 0.6 is 27.5 Å². The first-order valence-electron chi connectivity index (χ1n) is 4.47. The molecule has 0 atom stereocenters. The van der Waals surface area contributed by atoms with Crippen LogP contribution in [0.15, 0.2) is 16.7 Å².